The molecule has 0 saturated carbocycles. The summed E-state index contributed by atoms with van der Waals surface area (Å²) >= 11 is 0. The van der Waals surface area contributed by atoms with Gasteiger partial charge in [0, 0.05) is 17.9 Å². The molecule has 1 amide bonds. The lowest BCUT2D eigenvalue weighted by molar-refractivity contribution is -0.124. The van der Waals surface area contributed by atoms with Crippen LogP contribution in [0.3, 0.4) is 0 Å². The van der Waals surface area contributed by atoms with Gasteiger partial charge in [-0.3, -0.25) is 4.79 Å². The molecule has 2 rings (SSSR count). The molecule has 2 aromatic carbocycles. The van der Waals surface area contributed by atoms with E-state index >= 15 is 0 Å². The lowest BCUT2D eigenvalue weighted by Crippen LogP contribution is -2.39. The van der Waals surface area contributed by atoms with E-state index in [1.807, 2.05) is 81.4 Å². The molecule has 2 N–H and O–H groups in total. The average Bonchev–Trinajstić information content (AvgIpc) is 2.54. The predicted octanol–water partition coefficient (Wildman–Crippen LogP) is 3.59. The third kappa shape index (κ3) is 4.20. The first kappa shape index (κ1) is 17.2. The van der Waals surface area contributed by atoms with E-state index in [0.717, 1.165) is 11.1 Å². The van der Waals surface area contributed by atoms with Crippen LogP contribution in [0.1, 0.15) is 44.4 Å². The number of rotatable bonds is 6. The quantitative estimate of drug-likeness (QED) is 0.856. The Kier molecular flexibility index (Phi) is 5.56. The minimum atomic E-state index is -0.760. The number of aliphatic hydroxyl groups excluding tert-OH is 1. The van der Waals surface area contributed by atoms with Gasteiger partial charge in [-0.25, -0.2) is 0 Å². The summed E-state index contributed by atoms with van der Waals surface area (Å²) in [4.78, 5) is 12.4. The molecule has 0 aliphatic carbocycles. The Labute approximate surface area is 138 Å². The molecular formula is C20H25NO2. The third-order valence-electron chi connectivity index (χ3n) is 4.13. The summed E-state index contributed by atoms with van der Waals surface area (Å²) in [7, 11) is 0. The van der Waals surface area contributed by atoms with Crippen LogP contribution >= 0.6 is 0 Å². The Balaban J connectivity index is 2.37. The molecule has 0 saturated heterocycles. The predicted molar refractivity (Wildman–Crippen MR) is 93.1 cm³/mol. The first-order valence-corrected chi connectivity index (χ1v) is 8.01. The molecule has 0 aliphatic heterocycles. The Morgan fingerprint density at radius 2 is 1.57 bits per heavy atom. The first-order chi connectivity index (χ1) is 10.9. The van der Waals surface area contributed by atoms with Crippen molar-refractivity contribution in [2.24, 2.45) is 0 Å². The van der Waals surface area contributed by atoms with Crippen molar-refractivity contribution in [3.63, 3.8) is 0 Å². The highest BCUT2D eigenvalue weighted by Crippen LogP contribution is 2.40. The second kappa shape index (κ2) is 7.42. The number of carbonyl (C=O) groups excluding carboxylic acids is 1. The highest BCUT2D eigenvalue weighted by Gasteiger charge is 2.38. The number of nitrogens with one attached hydrogen (secondary N) is 1. The van der Waals surface area contributed by atoms with Crippen LogP contribution in [0.5, 0.6) is 0 Å². The van der Waals surface area contributed by atoms with Crippen molar-refractivity contribution in [1.82, 2.24) is 5.32 Å². The summed E-state index contributed by atoms with van der Waals surface area (Å²) in [6.07, 6.45) is -0.533. The van der Waals surface area contributed by atoms with Gasteiger partial charge in [-0.1, -0.05) is 67.6 Å². The molecule has 0 spiro atoms. The maximum absolute atomic E-state index is 12.4. The standard InChI is InChI=1S/C20H25NO2/c1-15(2)21-18(22)14-20(3,17-12-8-5-9-13-17)19(23)16-10-6-4-7-11-16/h4-13,15,19,23H,14H2,1-3H3,(H,21,22). The fourth-order valence-corrected chi connectivity index (χ4v) is 2.89. The molecule has 122 valence electrons. The molecule has 0 fully saturated rings. The summed E-state index contributed by atoms with van der Waals surface area (Å²) in [6, 6.07) is 19.3. The maximum Gasteiger partial charge on any atom is 0.221 e. The summed E-state index contributed by atoms with van der Waals surface area (Å²) < 4.78 is 0. The van der Waals surface area contributed by atoms with Crippen molar-refractivity contribution in [2.75, 3.05) is 0 Å². The van der Waals surface area contributed by atoms with E-state index in [1.54, 1.807) is 0 Å². The van der Waals surface area contributed by atoms with Crippen molar-refractivity contribution in [3.05, 3.63) is 71.8 Å². The lowest BCUT2D eigenvalue weighted by Gasteiger charge is -2.35. The fourth-order valence-electron chi connectivity index (χ4n) is 2.89. The topological polar surface area (TPSA) is 49.3 Å². The van der Waals surface area contributed by atoms with Crippen LogP contribution in [0.2, 0.25) is 0 Å². The lowest BCUT2D eigenvalue weighted by atomic mass is 9.72. The Morgan fingerprint density at radius 1 is 1.04 bits per heavy atom. The molecular weight excluding hydrogens is 286 g/mol. The van der Waals surface area contributed by atoms with E-state index in [4.69, 9.17) is 0 Å². The van der Waals surface area contributed by atoms with Gasteiger partial charge in [0.05, 0.1) is 6.10 Å². The van der Waals surface area contributed by atoms with Crippen LogP contribution in [-0.2, 0) is 10.2 Å². The van der Waals surface area contributed by atoms with E-state index in [1.165, 1.54) is 0 Å². The summed E-state index contributed by atoms with van der Waals surface area (Å²) in [5.41, 5.74) is 1.08. The molecule has 2 aromatic rings. The number of carbonyl (C=O) groups is 1. The number of aliphatic hydroxyl groups is 1. The minimum absolute atomic E-state index is 0.0543. The Morgan fingerprint density at radius 3 is 2.09 bits per heavy atom. The second-order valence-electron chi connectivity index (χ2n) is 6.50. The highest BCUT2D eigenvalue weighted by molar-refractivity contribution is 5.78. The van der Waals surface area contributed by atoms with Crippen LogP contribution < -0.4 is 5.32 Å². The monoisotopic (exact) mass is 311 g/mol. The largest absolute Gasteiger partial charge is 0.387 e. The highest BCUT2D eigenvalue weighted by atomic mass is 16.3. The molecule has 3 heteroatoms. The van der Waals surface area contributed by atoms with E-state index in [0.29, 0.717) is 0 Å². The summed E-state index contributed by atoms with van der Waals surface area (Å²) in [5.74, 6) is -0.0543. The van der Waals surface area contributed by atoms with Gasteiger partial charge in [0.25, 0.3) is 0 Å². The summed E-state index contributed by atoms with van der Waals surface area (Å²) in [5, 5.41) is 13.9. The van der Waals surface area contributed by atoms with Gasteiger partial charge in [0.15, 0.2) is 0 Å². The number of amides is 1. The van der Waals surface area contributed by atoms with Crippen molar-refractivity contribution < 1.29 is 9.90 Å². The third-order valence-corrected chi connectivity index (χ3v) is 4.13. The van der Waals surface area contributed by atoms with E-state index in [9.17, 15) is 9.90 Å². The van der Waals surface area contributed by atoms with E-state index < -0.39 is 11.5 Å². The maximum atomic E-state index is 12.4. The molecule has 2 atom stereocenters. The molecule has 3 nitrogen and oxygen atoms in total. The van der Waals surface area contributed by atoms with Gasteiger partial charge in [-0.05, 0) is 25.0 Å². The van der Waals surface area contributed by atoms with Crippen molar-refractivity contribution in [3.8, 4) is 0 Å². The summed E-state index contributed by atoms with van der Waals surface area (Å²) in [6.45, 7) is 5.82. The molecule has 0 heterocycles. The van der Waals surface area contributed by atoms with Crippen molar-refractivity contribution in [2.45, 2.75) is 44.8 Å². The zero-order chi connectivity index (χ0) is 16.9. The molecule has 0 radical (unpaired) electrons. The normalized spacial score (nSPS) is 15.0. The zero-order valence-corrected chi connectivity index (χ0v) is 14.0. The number of hydrogen-bond acceptors (Lipinski definition) is 2. The van der Waals surface area contributed by atoms with Gasteiger partial charge in [0.1, 0.15) is 0 Å². The molecule has 0 aromatic heterocycles. The number of benzene rings is 2. The van der Waals surface area contributed by atoms with Gasteiger partial charge in [-0.15, -0.1) is 0 Å². The SMILES string of the molecule is CC(C)NC(=O)CC(C)(c1ccccc1)C(O)c1ccccc1. The molecule has 2 unspecified atom stereocenters. The molecule has 0 aliphatic rings. The second-order valence-corrected chi connectivity index (χ2v) is 6.50. The fraction of sp³-hybridized carbons (Fsp3) is 0.350. The van der Waals surface area contributed by atoms with Crippen LogP contribution in [0.15, 0.2) is 60.7 Å². The van der Waals surface area contributed by atoms with Crippen LogP contribution in [-0.4, -0.2) is 17.1 Å². The Bertz CT molecular complexity index is 625. The first-order valence-electron chi connectivity index (χ1n) is 8.01. The Hall–Kier alpha value is -2.13. The average molecular weight is 311 g/mol. The van der Waals surface area contributed by atoms with Crippen LogP contribution in [0.4, 0.5) is 0 Å². The van der Waals surface area contributed by atoms with Crippen LogP contribution in [0.25, 0.3) is 0 Å². The number of hydrogen-bond donors (Lipinski definition) is 2. The van der Waals surface area contributed by atoms with Gasteiger partial charge in [-0.2, -0.15) is 0 Å². The minimum Gasteiger partial charge on any atom is -0.387 e. The van der Waals surface area contributed by atoms with Crippen molar-refractivity contribution >= 4 is 5.91 Å². The van der Waals surface area contributed by atoms with Crippen LogP contribution in [0, 0.1) is 0 Å². The smallest absolute Gasteiger partial charge is 0.221 e. The van der Waals surface area contributed by atoms with Gasteiger partial charge < -0.3 is 10.4 Å². The van der Waals surface area contributed by atoms with Crippen molar-refractivity contribution in [1.29, 1.82) is 0 Å². The zero-order valence-electron chi connectivity index (χ0n) is 14.0. The molecule has 0 bridgehead atoms. The van der Waals surface area contributed by atoms with E-state index in [2.05, 4.69) is 5.32 Å². The van der Waals surface area contributed by atoms with Gasteiger partial charge >= 0.3 is 0 Å². The van der Waals surface area contributed by atoms with Gasteiger partial charge in [0.2, 0.25) is 5.91 Å². The molecule has 23 heavy (non-hydrogen) atoms. The van der Waals surface area contributed by atoms with E-state index in [-0.39, 0.29) is 18.4 Å².